The lowest BCUT2D eigenvalue weighted by Gasteiger charge is -2.43. The smallest absolute Gasteiger partial charge is 0.165 e. The fraction of sp³-hybridized carbons (Fsp3) is 0.645. The van der Waals surface area contributed by atoms with Crippen molar-refractivity contribution in [2.24, 2.45) is 23.2 Å². The van der Waals surface area contributed by atoms with E-state index in [1.807, 2.05) is 31.2 Å². The molecule has 0 bridgehead atoms. The van der Waals surface area contributed by atoms with E-state index < -0.39 is 11.5 Å². The van der Waals surface area contributed by atoms with Gasteiger partial charge in [-0.15, -0.1) is 0 Å². The van der Waals surface area contributed by atoms with Gasteiger partial charge in [0, 0.05) is 12.0 Å². The summed E-state index contributed by atoms with van der Waals surface area (Å²) in [5.41, 5.74) is 1.83. The summed E-state index contributed by atoms with van der Waals surface area (Å²) in [5, 5.41) is 34.6. The molecule has 0 saturated carbocycles. The molecule has 4 heteroatoms. The fourth-order valence-electron chi connectivity index (χ4n) is 4.94. The summed E-state index contributed by atoms with van der Waals surface area (Å²) < 4.78 is 0. The Labute approximate surface area is 213 Å². The molecule has 0 amide bonds. The summed E-state index contributed by atoms with van der Waals surface area (Å²) in [5.74, 6) is 0.837. The Hall–Kier alpha value is -2.07. The van der Waals surface area contributed by atoms with Crippen LogP contribution in [0.3, 0.4) is 0 Å². The number of Topliss-reactive ketones (excluding diaryl/α,β-unsaturated/α-hetero) is 1. The summed E-state index contributed by atoms with van der Waals surface area (Å²) >= 11 is 0. The minimum Gasteiger partial charge on any atom is -0.511 e. The number of allylic oxidation sites excluding steroid dienone is 1. The Morgan fingerprint density at radius 1 is 0.857 bits per heavy atom. The van der Waals surface area contributed by atoms with Gasteiger partial charge in [-0.1, -0.05) is 71.4 Å². The third kappa shape index (κ3) is 7.46. The second-order valence-corrected chi connectivity index (χ2v) is 11.9. The zero-order chi connectivity index (χ0) is 26.3. The summed E-state index contributed by atoms with van der Waals surface area (Å²) in [7, 11) is 0. The Morgan fingerprint density at radius 3 is 1.86 bits per heavy atom. The van der Waals surface area contributed by atoms with Crippen LogP contribution in [0.25, 0.3) is 0 Å². The van der Waals surface area contributed by atoms with Gasteiger partial charge >= 0.3 is 0 Å². The molecule has 1 unspecified atom stereocenters. The number of rotatable bonds is 13. The minimum absolute atomic E-state index is 0.0968. The van der Waals surface area contributed by atoms with Gasteiger partial charge in [0.15, 0.2) is 5.78 Å². The van der Waals surface area contributed by atoms with E-state index >= 15 is 0 Å². The van der Waals surface area contributed by atoms with E-state index in [9.17, 15) is 20.1 Å². The van der Waals surface area contributed by atoms with E-state index in [1.165, 1.54) is 5.56 Å². The number of aliphatic hydroxyl groups is 3. The zero-order valence-corrected chi connectivity index (χ0v) is 23.0. The van der Waals surface area contributed by atoms with Gasteiger partial charge in [0.1, 0.15) is 11.5 Å². The van der Waals surface area contributed by atoms with Crippen LogP contribution in [0.5, 0.6) is 0 Å². The highest BCUT2D eigenvalue weighted by Crippen LogP contribution is 2.50. The van der Waals surface area contributed by atoms with Crippen molar-refractivity contribution in [3.05, 3.63) is 58.1 Å². The number of benzene rings is 1. The second-order valence-electron chi connectivity index (χ2n) is 11.9. The normalized spacial score (nSPS) is 18.3. The third-order valence-corrected chi connectivity index (χ3v) is 7.46. The molecule has 0 spiro atoms. The number of carbonyl (C=O) groups is 1. The van der Waals surface area contributed by atoms with Crippen molar-refractivity contribution in [1.29, 1.82) is 0 Å². The molecular formula is C31H48O4. The first-order valence-electron chi connectivity index (χ1n) is 13.5. The van der Waals surface area contributed by atoms with Crippen molar-refractivity contribution in [1.82, 2.24) is 0 Å². The van der Waals surface area contributed by atoms with E-state index in [0.29, 0.717) is 49.0 Å². The van der Waals surface area contributed by atoms with Gasteiger partial charge in [-0.05, 0) is 75.2 Å². The number of ketones is 1. The molecule has 1 aromatic rings. The molecule has 0 saturated heterocycles. The van der Waals surface area contributed by atoms with Crippen LogP contribution < -0.4 is 0 Å². The molecular weight excluding hydrogens is 436 g/mol. The van der Waals surface area contributed by atoms with Crippen molar-refractivity contribution < 1.29 is 20.1 Å². The number of hydrogen-bond donors (Lipinski definition) is 3. The monoisotopic (exact) mass is 484 g/mol. The van der Waals surface area contributed by atoms with Crippen LogP contribution in [0.2, 0.25) is 0 Å². The van der Waals surface area contributed by atoms with Crippen LogP contribution in [0.4, 0.5) is 0 Å². The summed E-state index contributed by atoms with van der Waals surface area (Å²) in [6.45, 7) is 14.8. The molecule has 1 aliphatic rings. The van der Waals surface area contributed by atoms with Crippen molar-refractivity contribution in [2.75, 3.05) is 0 Å². The first-order valence-corrected chi connectivity index (χ1v) is 13.5. The Balaban J connectivity index is 2.50. The molecule has 4 nitrogen and oxygen atoms in total. The third-order valence-electron chi connectivity index (χ3n) is 7.46. The van der Waals surface area contributed by atoms with Gasteiger partial charge < -0.3 is 15.3 Å². The maximum Gasteiger partial charge on any atom is 0.165 e. The lowest BCUT2D eigenvalue weighted by atomic mass is 9.63. The summed E-state index contributed by atoms with van der Waals surface area (Å²) in [6, 6.07) is 8.09. The van der Waals surface area contributed by atoms with Gasteiger partial charge in [0.05, 0.1) is 17.1 Å². The average Bonchev–Trinajstić information content (AvgIpc) is 2.78. The van der Waals surface area contributed by atoms with Crippen LogP contribution >= 0.6 is 0 Å². The van der Waals surface area contributed by atoms with Gasteiger partial charge in [0.25, 0.3) is 0 Å². The maximum atomic E-state index is 13.5. The highest BCUT2D eigenvalue weighted by Gasteiger charge is 2.50. The highest BCUT2D eigenvalue weighted by atomic mass is 16.3. The second kappa shape index (κ2) is 12.8. The first kappa shape index (κ1) is 29.2. The number of aliphatic hydroxyl groups excluding tert-OH is 3. The molecule has 0 heterocycles. The molecule has 0 aromatic heterocycles. The molecule has 0 radical (unpaired) electrons. The molecule has 35 heavy (non-hydrogen) atoms. The fourth-order valence-corrected chi connectivity index (χ4v) is 4.94. The largest absolute Gasteiger partial charge is 0.511 e. The van der Waals surface area contributed by atoms with Gasteiger partial charge in [0.2, 0.25) is 0 Å². The molecule has 1 aliphatic carbocycles. The molecule has 196 valence electrons. The number of carbonyl (C=O) groups excluding carboxylic acids is 1. The highest BCUT2D eigenvalue weighted by molar-refractivity contribution is 5.98. The van der Waals surface area contributed by atoms with Gasteiger partial charge in [-0.2, -0.15) is 0 Å². The Morgan fingerprint density at radius 2 is 1.37 bits per heavy atom. The van der Waals surface area contributed by atoms with Crippen molar-refractivity contribution >= 4 is 5.78 Å². The molecule has 2 rings (SSSR count). The zero-order valence-electron chi connectivity index (χ0n) is 23.0. The molecule has 1 atom stereocenters. The van der Waals surface area contributed by atoms with E-state index in [0.717, 1.165) is 24.8 Å². The van der Waals surface area contributed by atoms with E-state index in [-0.39, 0.29) is 29.3 Å². The maximum absolute atomic E-state index is 13.5. The first-order chi connectivity index (χ1) is 16.4. The van der Waals surface area contributed by atoms with Crippen LogP contribution in [0, 0.1) is 30.1 Å². The van der Waals surface area contributed by atoms with Gasteiger partial charge in [-0.25, -0.2) is 0 Å². The summed E-state index contributed by atoms with van der Waals surface area (Å²) in [4.78, 5) is 13.5. The van der Waals surface area contributed by atoms with E-state index in [2.05, 4.69) is 41.5 Å². The molecule has 1 aromatic carbocycles. The van der Waals surface area contributed by atoms with Crippen LogP contribution in [0.15, 0.2) is 46.9 Å². The quantitative estimate of drug-likeness (QED) is 0.267. The predicted octanol–water partition coefficient (Wildman–Crippen LogP) is 7.79. The molecule has 0 fully saturated rings. The number of aryl methyl sites for hydroxylation is 2. The minimum atomic E-state index is -1.21. The lowest BCUT2D eigenvalue weighted by Crippen LogP contribution is -2.45. The SMILES string of the molecule is Cc1ccc(CCC(=O)C2=C(O)C(CCC(C)C)=C(O)C(CCC(C)C)(CCC(C)C)C2O)cc1. The van der Waals surface area contributed by atoms with Crippen LogP contribution in [-0.4, -0.2) is 27.2 Å². The van der Waals surface area contributed by atoms with Crippen LogP contribution in [-0.2, 0) is 11.2 Å². The standard InChI is InChI=1S/C31H48O4/c1-20(2)8-14-25-28(33)27(26(32)15-13-24-11-9-23(7)10-12-24)30(35)31(29(25)34,18-16-21(3)4)19-17-22(5)6/h9-12,20-22,30,33-35H,8,13-19H2,1-7H3. The Kier molecular flexibility index (Phi) is 10.6. The summed E-state index contributed by atoms with van der Waals surface area (Å²) in [6.07, 6.45) is 3.62. The van der Waals surface area contributed by atoms with E-state index in [1.54, 1.807) is 0 Å². The van der Waals surface area contributed by atoms with Crippen molar-refractivity contribution in [3.8, 4) is 0 Å². The molecule has 3 N–H and O–H groups in total. The van der Waals surface area contributed by atoms with Crippen LogP contribution in [0.1, 0.15) is 97.6 Å². The van der Waals surface area contributed by atoms with Crippen molar-refractivity contribution in [3.63, 3.8) is 0 Å². The lowest BCUT2D eigenvalue weighted by molar-refractivity contribution is -0.118. The topological polar surface area (TPSA) is 77.8 Å². The van der Waals surface area contributed by atoms with E-state index in [4.69, 9.17) is 0 Å². The van der Waals surface area contributed by atoms with Crippen molar-refractivity contribution in [2.45, 2.75) is 106 Å². The molecule has 0 aliphatic heterocycles. The van der Waals surface area contributed by atoms with Gasteiger partial charge in [-0.3, -0.25) is 4.79 Å². The average molecular weight is 485 g/mol. The predicted molar refractivity (Wildman–Crippen MR) is 144 cm³/mol. The Bertz CT molecular complexity index is 890. The number of hydrogen-bond acceptors (Lipinski definition) is 4.